The lowest BCUT2D eigenvalue weighted by atomic mass is 9.76. The zero-order chi connectivity index (χ0) is 18.3. The first-order chi connectivity index (χ1) is 12.0. The van der Waals surface area contributed by atoms with Gasteiger partial charge in [0.1, 0.15) is 11.6 Å². The van der Waals surface area contributed by atoms with Crippen molar-refractivity contribution < 1.29 is 28.6 Å². The lowest BCUT2D eigenvalue weighted by Crippen LogP contribution is -2.51. The number of amides is 1. The van der Waals surface area contributed by atoms with E-state index in [1.165, 1.54) is 23.1 Å². The standard InChI is InChI=1S/C18H24FNO5/c1-24-10-4-8-18(17(22)23)7-3-9-20(13-18)16(21)12-25-15-6-2-5-14(19)11-15/h2,5-6,11H,3-4,7-10,12-13H2,1H3,(H,22,23)/t18-/m1/s1. The Hall–Kier alpha value is -2.15. The molecule has 6 nitrogen and oxygen atoms in total. The van der Waals surface area contributed by atoms with E-state index in [0.717, 1.165) is 0 Å². The Morgan fingerprint density at radius 3 is 2.88 bits per heavy atom. The van der Waals surface area contributed by atoms with Crippen molar-refractivity contribution in [2.45, 2.75) is 25.7 Å². The Kier molecular flexibility index (Phi) is 6.75. The van der Waals surface area contributed by atoms with E-state index in [0.29, 0.717) is 38.8 Å². The molecule has 1 fully saturated rings. The number of carbonyl (C=O) groups excluding carboxylic acids is 1. The second-order valence-electron chi connectivity index (χ2n) is 6.35. The highest BCUT2D eigenvalue weighted by atomic mass is 19.1. The molecule has 25 heavy (non-hydrogen) atoms. The van der Waals surface area contributed by atoms with Crippen LogP contribution in [0, 0.1) is 11.2 Å². The summed E-state index contributed by atoms with van der Waals surface area (Å²) in [5.74, 6) is -1.34. The summed E-state index contributed by atoms with van der Waals surface area (Å²) in [6, 6.07) is 5.57. The fraction of sp³-hybridized carbons (Fsp3) is 0.556. The van der Waals surface area contributed by atoms with Gasteiger partial charge in [-0.1, -0.05) is 6.07 Å². The Balaban J connectivity index is 1.95. The largest absolute Gasteiger partial charge is 0.484 e. The Morgan fingerprint density at radius 2 is 2.20 bits per heavy atom. The first-order valence-corrected chi connectivity index (χ1v) is 8.35. The quantitative estimate of drug-likeness (QED) is 0.726. The van der Waals surface area contributed by atoms with E-state index in [2.05, 4.69) is 0 Å². The van der Waals surface area contributed by atoms with E-state index >= 15 is 0 Å². The molecule has 1 aliphatic heterocycles. The summed E-state index contributed by atoms with van der Waals surface area (Å²) in [6.07, 6.45) is 2.26. The van der Waals surface area contributed by atoms with Crippen LogP contribution in [-0.4, -0.2) is 55.3 Å². The van der Waals surface area contributed by atoms with Crippen LogP contribution in [-0.2, 0) is 14.3 Å². The number of piperidine rings is 1. The highest BCUT2D eigenvalue weighted by Crippen LogP contribution is 2.35. The molecule has 0 unspecified atom stereocenters. The van der Waals surface area contributed by atoms with Gasteiger partial charge in [-0.25, -0.2) is 4.39 Å². The van der Waals surface area contributed by atoms with Crippen molar-refractivity contribution >= 4 is 11.9 Å². The minimum Gasteiger partial charge on any atom is -0.484 e. The van der Waals surface area contributed by atoms with Gasteiger partial charge in [0.25, 0.3) is 5.91 Å². The number of carboxylic acid groups (broad SMARTS) is 1. The number of rotatable bonds is 8. The van der Waals surface area contributed by atoms with Crippen LogP contribution in [0.5, 0.6) is 5.75 Å². The zero-order valence-corrected chi connectivity index (χ0v) is 14.4. The molecule has 0 aliphatic carbocycles. The molecule has 1 saturated heterocycles. The Morgan fingerprint density at radius 1 is 1.40 bits per heavy atom. The number of aliphatic carboxylic acids is 1. The van der Waals surface area contributed by atoms with Crippen LogP contribution in [0.4, 0.5) is 4.39 Å². The first kappa shape index (κ1) is 19.2. The number of carbonyl (C=O) groups is 2. The molecule has 0 spiro atoms. The smallest absolute Gasteiger partial charge is 0.311 e. The van der Waals surface area contributed by atoms with Gasteiger partial charge in [0.05, 0.1) is 5.41 Å². The molecule has 1 aliphatic rings. The molecular weight excluding hydrogens is 329 g/mol. The van der Waals surface area contributed by atoms with Gasteiger partial charge in [-0.3, -0.25) is 9.59 Å². The minimum absolute atomic E-state index is 0.164. The van der Waals surface area contributed by atoms with Crippen molar-refractivity contribution in [3.05, 3.63) is 30.1 Å². The summed E-state index contributed by atoms with van der Waals surface area (Å²) in [4.78, 5) is 25.7. The number of halogens is 1. The third-order valence-electron chi connectivity index (χ3n) is 4.55. The monoisotopic (exact) mass is 353 g/mol. The van der Waals surface area contributed by atoms with Crippen LogP contribution in [0.25, 0.3) is 0 Å². The molecule has 1 aromatic carbocycles. The second-order valence-corrected chi connectivity index (χ2v) is 6.35. The Labute approximate surface area is 146 Å². The van der Waals surface area contributed by atoms with Gasteiger partial charge in [-0.2, -0.15) is 0 Å². The van der Waals surface area contributed by atoms with Crippen molar-refractivity contribution in [3.8, 4) is 5.75 Å². The lowest BCUT2D eigenvalue weighted by molar-refractivity contribution is -0.156. The number of benzene rings is 1. The van der Waals surface area contributed by atoms with Gasteiger partial charge in [0, 0.05) is 32.9 Å². The molecule has 2 rings (SSSR count). The number of likely N-dealkylation sites (tertiary alicyclic amines) is 1. The average molecular weight is 353 g/mol. The number of nitrogens with zero attached hydrogens (tertiary/aromatic N) is 1. The maximum atomic E-state index is 13.1. The number of methoxy groups -OCH3 is 1. The summed E-state index contributed by atoms with van der Waals surface area (Å²) >= 11 is 0. The molecular formula is C18H24FNO5. The first-order valence-electron chi connectivity index (χ1n) is 8.35. The lowest BCUT2D eigenvalue weighted by Gasteiger charge is -2.40. The van der Waals surface area contributed by atoms with Gasteiger partial charge < -0.3 is 19.5 Å². The van der Waals surface area contributed by atoms with Crippen molar-refractivity contribution in [2.75, 3.05) is 33.4 Å². The second kappa shape index (κ2) is 8.80. The van der Waals surface area contributed by atoms with Gasteiger partial charge >= 0.3 is 5.97 Å². The van der Waals surface area contributed by atoms with E-state index in [-0.39, 0.29) is 24.8 Å². The summed E-state index contributed by atoms with van der Waals surface area (Å²) in [7, 11) is 1.58. The average Bonchev–Trinajstić information content (AvgIpc) is 2.60. The molecule has 1 aromatic rings. The molecule has 1 amide bonds. The van der Waals surface area contributed by atoms with Crippen LogP contribution >= 0.6 is 0 Å². The molecule has 1 N–H and O–H groups in total. The number of hydrogen-bond acceptors (Lipinski definition) is 4. The topological polar surface area (TPSA) is 76.1 Å². The molecule has 138 valence electrons. The van der Waals surface area contributed by atoms with Crippen molar-refractivity contribution in [3.63, 3.8) is 0 Å². The molecule has 0 saturated carbocycles. The van der Waals surface area contributed by atoms with Gasteiger partial charge in [0.15, 0.2) is 6.61 Å². The van der Waals surface area contributed by atoms with Gasteiger partial charge in [-0.15, -0.1) is 0 Å². The highest BCUT2D eigenvalue weighted by Gasteiger charge is 2.43. The maximum Gasteiger partial charge on any atom is 0.311 e. The van der Waals surface area contributed by atoms with Gasteiger partial charge in [0.2, 0.25) is 0 Å². The van der Waals surface area contributed by atoms with E-state index in [9.17, 15) is 19.1 Å². The normalized spacial score (nSPS) is 20.3. The van der Waals surface area contributed by atoms with Crippen LogP contribution < -0.4 is 4.74 Å². The summed E-state index contributed by atoms with van der Waals surface area (Å²) in [5, 5.41) is 9.67. The van der Waals surface area contributed by atoms with E-state index < -0.39 is 17.2 Å². The van der Waals surface area contributed by atoms with E-state index in [1.807, 2.05) is 0 Å². The van der Waals surface area contributed by atoms with Crippen LogP contribution in [0.1, 0.15) is 25.7 Å². The number of hydrogen-bond donors (Lipinski definition) is 1. The maximum absolute atomic E-state index is 13.1. The highest BCUT2D eigenvalue weighted by molar-refractivity contribution is 5.80. The van der Waals surface area contributed by atoms with Gasteiger partial charge in [-0.05, 0) is 37.8 Å². The molecule has 0 aromatic heterocycles. The molecule has 0 bridgehead atoms. The summed E-state index contributed by atoms with van der Waals surface area (Å²) in [6.45, 7) is 0.922. The zero-order valence-electron chi connectivity index (χ0n) is 14.4. The third kappa shape index (κ3) is 5.16. The summed E-state index contributed by atoms with van der Waals surface area (Å²) < 4.78 is 23.5. The van der Waals surface area contributed by atoms with E-state index in [4.69, 9.17) is 9.47 Å². The fourth-order valence-electron chi connectivity index (χ4n) is 3.18. The molecule has 1 heterocycles. The molecule has 7 heteroatoms. The van der Waals surface area contributed by atoms with Crippen LogP contribution in [0.3, 0.4) is 0 Å². The number of ether oxygens (including phenoxy) is 2. The predicted molar refractivity (Wildman–Crippen MR) is 88.9 cm³/mol. The van der Waals surface area contributed by atoms with E-state index in [1.54, 1.807) is 13.2 Å². The summed E-state index contributed by atoms with van der Waals surface area (Å²) in [5.41, 5.74) is -0.939. The molecule has 1 atom stereocenters. The molecule has 0 radical (unpaired) electrons. The SMILES string of the molecule is COCCC[C@]1(C(=O)O)CCCN(C(=O)COc2cccc(F)c2)C1. The van der Waals surface area contributed by atoms with Crippen LogP contribution in [0.2, 0.25) is 0 Å². The van der Waals surface area contributed by atoms with Crippen molar-refractivity contribution in [1.82, 2.24) is 4.90 Å². The number of carboxylic acids is 1. The van der Waals surface area contributed by atoms with Crippen LogP contribution in [0.15, 0.2) is 24.3 Å². The van der Waals surface area contributed by atoms with Crippen molar-refractivity contribution in [2.24, 2.45) is 5.41 Å². The predicted octanol–water partition coefficient (Wildman–Crippen LogP) is 2.32. The van der Waals surface area contributed by atoms with Crippen molar-refractivity contribution in [1.29, 1.82) is 0 Å². The third-order valence-corrected chi connectivity index (χ3v) is 4.55. The Bertz CT molecular complexity index is 609. The fourth-order valence-corrected chi connectivity index (χ4v) is 3.18. The minimum atomic E-state index is -0.939.